The van der Waals surface area contributed by atoms with E-state index in [-0.39, 0.29) is 17.6 Å². The van der Waals surface area contributed by atoms with Crippen molar-refractivity contribution < 1.29 is 9.18 Å². The molecular weight excluding hydrogens is 221 g/mol. The number of nitrogens with one attached hydrogen (secondary N) is 1. The van der Waals surface area contributed by atoms with Gasteiger partial charge in [-0.25, -0.2) is 4.39 Å². The Morgan fingerprint density at radius 1 is 1.47 bits per heavy atom. The molecular formula is C12H16FN3O. The Balaban J connectivity index is 2.04. The summed E-state index contributed by atoms with van der Waals surface area (Å²) in [5.74, 6) is -1.01. The van der Waals surface area contributed by atoms with Crippen LogP contribution in [0.1, 0.15) is 36.0 Å². The van der Waals surface area contributed by atoms with E-state index in [0.717, 1.165) is 31.9 Å². The average molecular weight is 237 g/mol. The first-order valence-electron chi connectivity index (χ1n) is 5.84. The zero-order valence-corrected chi connectivity index (χ0v) is 9.53. The number of aromatic nitrogens is 1. The predicted molar refractivity (Wildman–Crippen MR) is 61.9 cm³/mol. The molecule has 1 saturated carbocycles. The molecule has 0 bridgehead atoms. The molecule has 4 nitrogen and oxygen atoms in total. The van der Waals surface area contributed by atoms with Gasteiger partial charge in [-0.1, -0.05) is 12.8 Å². The van der Waals surface area contributed by atoms with Crippen molar-refractivity contribution in [2.75, 3.05) is 0 Å². The van der Waals surface area contributed by atoms with Crippen molar-refractivity contribution in [3.63, 3.8) is 0 Å². The molecule has 0 aromatic carbocycles. The molecule has 1 aromatic heterocycles. The normalized spacial score (nSPS) is 24.4. The summed E-state index contributed by atoms with van der Waals surface area (Å²) in [5.41, 5.74) is 5.95. The Hall–Kier alpha value is -1.49. The minimum Gasteiger partial charge on any atom is -0.348 e. The summed E-state index contributed by atoms with van der Waals surface area (Å²) in [6.07, 6.45) is 6.35. The van der Waals surface area contributed by atoms with Crippen molar-refractivity contribution in [1.29, 1.82) is 0 Å². The van der Waals surface area contributed by atoms with Gasteiger partial charge in [-0.3, -0.25) is 9.78 Å². The highest BCUT2D eigenvalue weighted by Crippen LogP contribution is 2.17. The highest BCUT2D eigenvalue weighted by molar-refractivity contribution is 5.94. The van der Waals surface area contributed by atoms with Crippen molar-refractivity contribution in [3.05, 3.63) is 29.8 Å². The predicted octanol–water partition coefficient (Wildman–Crippen LogP) is 1.22. The van der Waals surface area contributed by atoms with E-state index in [1.54, 1.807) is 0 Å². The maximum Gasteiger partial charge on any atom is 0.254 e. The molecule has 3 N–H and O–H groups in total. The van der Waals surface area contributed by atoms with Crippen LogP contribution >= 0.6 is 0 Å². The topological polar surface area (TPSA) is 68.0 Å². The Labute approximate surface area is 99.4 Å². The monoisotopic (exact) mass is 237 g/mol. The van der Waals surface area contributed by atoms with Gasteiger partial charge >= 0.3 is 0 Å². The van der Waals surface area contributed by atoms with Crippen LogP contribution in [-0.4, -0.2) is 23.0 Å². The van der Waals surface area contributed by atoms with E-state index in [9.17, 15) is 9.18 Å². The van der Waals surface area contributed by atoms with Crippen molar-refractivity contribution in [2.45, 2.75) is 37.8 Å². The number of hydrogen-bond acceptors (Lipinski definition) is 3. The van der Waals surface area contributed by atoms with Gasteiger partial charge in [0.05, 0.1) is 11.8 Å². The number of amides is 1. The van der Waals surface area contributed by atoms with Gasteiger partial charge in [0.25, 0.3) is 5.91 Å². The lowest BCUT2D eigenvalue weighted by molar-refractivity contribution is 0.0917. The maximum absolute atomic E-state index is 13.3. The van der Waals surface area contributed by atoms with E-state index in [0.29, 0.717) is 0 Å². The summed E-state index contributed by atoms with van der Waals surface area (Å²) in [7, 11) is 0. The molecule has 0 radical (unpaired) electrons. The van der Waals surface area contributed by atoms with Crippen LogP contribution in [0.3, 0.4) is 0 Å². The summed E-state index contributed by atoms with van der Waals surface area (Å²) in [6.45, 7) is 0. The van der Waals surface area contributed by atoms with Crippen molar-refractivity contribution >= 4 is 5.91 Å². The van der Waals surface area contributed by atoms with E-state index in [2.05, 4.69) is 10.3 Å². The molecule has 0 unspecified atom stereocenters. The second-order valence-corrected chi connectivity index (χ2v) is 4.38. The number of carbonyl (C=O) groups excluding carboxylic acids is 1. The number of halogens is 1. The summed E-state index contributed by atoms with van der Waals surface area (Å²) in [6, 6.07) is 1.29. The SMILES string of the molecule is N[C@@H]1CCCC[C@H]1NC(=O)c1ccncc1F. The van der Waals surface area contributed by atoms with Crippen molar-refractivity contribution in [3.8, 4) is 0 Å². The van der Waals surface area contributed by atoms with Gasteiger partial charge in [-0.15, -0.1) is 0 Å². The third kappa shape index (κ3) is 2.79. The zero-order valence-electron chi connectivity index (χ0n) is 9.53. The molecule has 1 aromatic rings. The summed E-state index contributed by atoms with van der Waals surface area (Å²) in [4.78, 5) is 15.5. The van der Waals surface area contributed by atoms with Crippen LogP contribution in [0.4, 0.5) is 4.39 Å². The molecule has 92 valence electrons. The van der Waals surface area contributed by atoms with Crippen LogP contribution in [0.5, 0.6) is 0 Å². The lowest BCUT2D eigenvalue weighted by Crippen LogP contribution is -2.49. The van der Waals surface area contributed by atoms with Crippen LogP contribution in [0, 0.1) is 5.82 Å². The lowest BCUT2D eigenvalue weighted by Gasteiger charge is -2.29. The minimum absolute atomic E-state index is 0.0257. The highest BCUT2D eigenvalue weighted by atomic mass is 19.1. The number of carbonyl (C=O) groups is 1. The Kier molecular flexibility index (Phi) is 3.68. The molecule has 5 heteroatoms. The van der Waals surface area contributed by atoms with E-state index >= 15 is 0 Å². The number of nitrogens with zero attached hydrogens (tertiary/aromatic N) is 1. The van der Waals surface area contributed by atoms with E-state index in [1.165, 1.54) is 12.3 Å². The molecule has 1 fully saturated rings. The summed E-state index contributed by atoms with van der Waals surface area (Å²) >= 11 is 0. The molecule has 1 amide bonds. The van der Waals surface area contributed by atoms with Crippen LogP contribution < -0.4 is 11.1 Å². The fraction of sp³-hybridized carbons (Fsp3) is 0.500. The number of hydrogen-bond donors (Lipinski definition) is 2. The Bertz CT molecular complexity index is 410. The maximum atomic E-state index is 13.3. The molecule has 2 atom stereocenters. The van der Waals surface area contributed by atoms with Gasteiger partial charge in [0.1, 0.15) is 0 Å². The molecule has 1 heterocycles. The summed E-state index contributed by atoms with van der Waals surface area (Å²) in [5, 5.41) is 2.79. The molecule has 0 aliphatic heterocycles. The molecule has 2 rings (SSSR count). The highest BCUT2D eigenvalue weighted by Gasteiger charge is 2.24. The Morgan fingerprint density at radius 2 is 2.24 bits per heavy atom. The molecule has 1 aliphatic rings. The van der Waals surface area contributed by atoms with Gasteiger partial charge in [-0.2, -0.15) is 0 Å². The Morgan fingerprint density at radius 3 is 2.94 bits per heavy atom. The van der Waals surface area contributed by atoms with Crippen molar-refractivity contribution in [2.24, 2.45) is 5.73 Å². The lowest BCUT2D eigenvalue weighted by atomic mass is 9.91. The van der Waals surface area contributed by atoms with E-state index < -0.39 is 11.7 Å². The van der Waals surface area contributed by atoms with Gasteiger partial charge < -0.3 is 11.1 Å². The van der Waals surface area contributed by atoms with Gasteiger partial charge in [0.15, 0.2) is 5.82 Å². The van der Waals surface area contributed by atoms with Crippen molar-refractivity contribution in [1.82, 2.24) is 10.3 Å². The molecule has 0 spiro atoms. The van der Waals surface area contributed by atoms with Crippen LogP contribution in [0.2, 0.25) is 0 Å². The minimum atomic E-state index is -0.602. The van der Waals surface area contributed by atoms with Crippen LogP contribution in [-0.2, 0) is 0 Å². The standard InChI is InChI=1S/C12H16FN3O/c13-9-7-15-6-5-8(9)12(17)16-11-4-2-1-3-10(11)14/h5-7,10-11H,1-4,14H2,(H,16,17)/t10-,11-/m1/s1. The second kappa shape index (κ2) is 5.23. The van der Waals surface area contributed by atoms with Crippen LogP contribution in [0.25, 0.3) is 0 Å². The average Bonchev–Trinajstić information content (AvgIpc) is 2.32. The van der Waals surface area contributed by atoms with E-state index in [1.807, 2.05) is 0 Å². The zero-order chi connectivity index (χ0) is 12.3. The third-order valence-electron chi connectivity index (χ3n) is 3.15. The first-order valence-corrected chi connectivity index (χ1v) is 5.84. The number of nitrogens with two attached hydrogens (primary N) is 1. The van der Waals surface area contributed by atoms with Crippen LogP contribution in [0.15, 0.2) is 18.5 Å². The number of pyridine rings is 1. The van der Waals surface area contributed by atoms with Gasteiger partial charge in [-0.05, 0) is 18.9 Å². The molecule has 17 heavy (non-hydrogen) atoms. The smallest absolute Gasteiger partial charge is 0.254 e. The van der Waals surface area contributed by atoms with Gasteiger partial charge in [0, 0.05) is 18.3 Å². The second-order valence-electron chi connectivity index (χ2n) is 4.38. The van der Waals surface area contributed by atoms with Gasteiger partial charge in [0.2, 0.25) is 0 Å². The number of rotatable bonds is 2. The summed E-state index contributed by atoms with van der Waals surface area (Å²) < 4.78 is 13.3. The quantitative estimate of drug-likeness (QED) is 0.812. The molecule has 0 saturated heterocycles. The molecule has 1 aliphatic carbocycles. The fourth-order valence-corrected chi connectivity index (χ4v) is 2.14. The van der Waals surface area contributed by atoms with E-state index in [4.69, 9.17) is 5.73 Å². The first kappa shape index (κ1) is 12.0. The first-order chi connectivity index (χ1) is 8.18. The fourth-order valence-electron chi connectivity index (χ4n) is 2.14. The third-order valence-corrected chi connectivity index (χ3v) is 3.15. The largest absolute Gasteiger partial charge is 0.348 e.